The Morgan fingerprint density at radius 2 is 0.957 bits per heavy atom. The monoisotopic (exact) mass is 610 g/mol. The van der Waals surface area contributed by atoms with Crippen LogP contribution in [0, 0.1) is 0 Å². The van der Waals surface area contributed by atoms with Crippen molar-refractivity contribution in [3.63, 3.8) is 0 Å². The Balaban J connectivity index is 1.35. The third kappa shape index (κ3) is 4.96. The highest BCUT2D eigenvalue weighted by Gasteiger charge is 2.23. The second-order valence-corrected chi connectivity index (χ2v) is 17.3. The lowest BCUT2D eigenvalue weighted by Crippen LogP contribution is -2.03. The molecule has 8 rings (SSSR count). The van der Waals surface area contributed by atoms with E-state index in [4.69, 9.17) is 0 Å². The molecule has 46 heavy (non-hydrogen) atoms. The van der Waals surface area contributed by atoms with Crippen LogP contribution < -0.4 is 0 Å². The summed E-state index contributed by atoms with van der Waals surface area (Å²) in [5.74, 6) is 0. The van der Waals surface area contributed by atoms with E-state index in [-0.39, 0.29) is 0 Å². The standard InChI is InChI=1S/C45H38S/c1-46(2,3)43-30-35(37-23-13-17-33-16-7-8-18-36(33)37)28-29-42(43)45-40-21-11-9-19-38(40)44(39-20-10-12-22-41(39)45)34-26-24-32(25-27-34)31-14-5-4-6-15-31/h4-12,14-16,18-30H,13,17H2,1-3H3. The smallest absolute Gasteiger partial charge is 0.00157 e. The van der Waals surface area contributed by atoms with Gasteiger partial charge in [-0.15, -0.1) is 0 Å². The van der Waals surface area contributed by atoms with Gasteiger partial charge >= 0.3 is 0 Å². The first kappa shape index (κ1) is 28.6. The van der Waals surface area contributed by atoms with E-state index in [0.717, 1.165) is 12.8 Å². The summed E-state index contributed by atoms with van der Waals surface area (Å²) in [6.45, 7) is 0. The molecule has 0 heterocycles. The van der Waals surface area contributed by atoms with E-state index in [9.17, 15) is 0 Å². The molecule has 7 aromatic rings. The van der Waals surface area contributed by atoms with Crippen molar-refractivity contribution in [1.82, 2.24) is 0 Å². The number of hydrogen-bond donors (Lipinski definition) is 0. The van der Waals surface area contributed by atoms with E-state index < -0.39 is 10.0 Å². The van der Waals surface area contributed by atoms with Gasteiger partial charge in [0, 0.05) is 0 Å². The predicted molar refractivity (Wildman–Crippen MR) is 203 cm³/mol. The minimum atomic E-state index is -1.08. The SMILES string of the molecule is CS(C)(C)c1cc(C2=CCCc3ccccc32)ccc1-c1c2ccccc2c(-c2ccc(-c3ccccc3)cc2)c2ccccc12. The van der Waals surface area contributed by atoms with Crippen molar-refractivity contribution in [2.24, 2.45) is 0 Å². The Morgan fingerprint density at radius 3 is 1.61 bits per heavy atom. The van der Waals surface area contributed by atoms with Crippen LogP contribution in [-0.2, 0) is 6.42 Å². The average molecular weight is 611 g/mol. The van der Waals surface area contributed by atoms with Gasteiger partial charge in [0.25, 0.3) is 0 Å². The minimum Gasteiger partial charge on any atom is -0.223 e. The number of benzene rings is 7. The average Bonchev–Trinajstić information content (AvgIpc) is 3.10. The van der Waals surface area contributed by atoms with Gasteiger partial charge in [-0.25, -0.2) is 10.0 Å². The molecule has 1 heteroatoms. The summed E-state index contributed by atoms with van der Waals surface area (Å²) in [7, 11) is -1.08. The molecule has 0 radical (unpaired) electrons. The van der Waals surface area contributed by atoms with Gasteiger partial charge < -0.3 is 0 Å². The van der Waals surface area contributed by atoms with Gasteiger partial charge in [0.2, 0.25) is 0 Å². The van der Waals surface area contributed by atoms with Gasteiger partial charge in [0.1, 0.15) is 0 Å². The summed E-state index contributed by atoms with van der Waals surface area (Å²) in [6, 6.07) is 54.1. The fourth-order valence-corrected chi connectivity index (χ4v) is 8.66. The van der Waals surface area contributed by atoms with Gasteiger partial charge in [-0.2, -0.15) is 0 Å². The highest BCUT2D eigenvalue weighted by atomic mass is 32.3. The van der Waals surface area contributed by atoms with E-state index in [1.165, 1.54) is 82.1 Å². The molecule has 0 amide bonds. The van der Waals surface area contributed by atoms with Gasteiger partial charge in [-0.05, 0) is 120 Å². The van der Waals surface area contributed by atoms with Crippen molar-refractivity contribution < 1.29 is 0 Å². The number of rotatable bonds is 5. The molecule has 0 atom stereocenters. The molecular formula is C45H38S. The number of aryl methyl sites for hydroxylation is 1. The van der Waals surface area contributed by atoms with Crippen molar-refractivity contribution in [3.05, 3.63) is 168 Å². The Labute approximate surface area is 274 Å². The van der Waals surface area contributed by atoms with Gasteiger partial charge in [-0.3, -0.25) is 0 Å². The Kier molecular flexibility index (Phi) is 7.15. The maximum absolute atomic E-state index is 2.51. The Hall–Kier alpha value is -4.85. The lowest BCUT2D eigenvalue weighted by Gasteiger charge is -2.31. The van der Waals surface area contributed by atoms with Crippen LogP contribution in [-0.4, -0.2) is 18.8 Å². The van der Waals surface area contributed by atoms with Crippen molar-refractivity contribution in [3.8, 4) is 33.4 Å². The van der Waals surface area contributed by atoms with Crippen LogP contribution in [0.3, 0.4) is 0 Å². The quantitative estimate of drug-likeness (QED) is 0.170. The summed E-state index contributed by atoms with van der Waals surface area (Å²) < 4.78 is 0. The molecule has 0 bridgehead atoms. The zero-order valence-corrected chi connectivity index (χ0v) is 27.6. The van der Waals surface area contributed by atoms with Crippen LogP contribution in [0.15, 0.2) is 157 Å². The molecule has 0 N–H and O–H groups in total. The summed E-state index contributed by atoms with van der Waals surface area (Å²) >= 11 is 0. The van der Waals surface area contributed by atoms with Crippen LogP contribution in [0.2, 0.25) is 0 Å². The highest BCUT2D eigenvalue weighted by molar-refractivity contribution is 8.32. The first-order valence-electron chi connectivity index (χ1n) is 16.2. The minimum absolute atomic E-state index is 1.08. The molecule has 0 aromatic heterocycles. The lowest BCUT2D eigenvalue weighted by molar-refractivity contribution is 0.977. The second-order valence-electron chi connectivity index (χ2n) is 13.1. The van der Waals surface area contributed by atoms with Crippen LogP contribution in [0.1, 0.15) is 23.1 Å². The summed E-state index contributed by atoms with van der Waals surface area (Å²) in [4.78, 5) is 1.46. The van der Waals surface area contributed by atoms with E-state index in [2.05, 4.69) is 170 Å². The van der Waals surface area contributed by atoms with E-state index in [1.54, 1.807) is 0 Å². The molecule has 0 spiro atoms. The van der Waals surface area contributed by atoms with Gasteiger partial charge in [0.15, 0.2) is 0 Å². The van der Waals surface area contributed by atoms with E-state index >= 15 is 0 Å². The molecule has 0 nitrogen and oxygen atoms in total. The summed E-state index contributed by atoms with van der Waals surface area (Å²) in [5.41, 5.74) is 13.3. The summed E-state index contributed by atoms with van der Waals surface area (Å²) in [5, 5.41) is 5.21. The first-order valence-corrected chi connectivity index (χ1v) is 19.0. The summed E-state index contributed by atoms with van der Waals surface area (Å²) in [6.07, 6.45) is 12.0. The molecule has 0 unspecified atom stereocenters. The third-order valence-electron chi connectivity index (χ3n) is 9.50. The molecule has 1 aliphatic rings. The van der Waals surface area contributed by atoms with Crippen molar-refractivity contribution >= 4 is 37.1 Å². The maximum atomic E-state index is 2.51. The first-order chi connectivity index (χ1) is 22.5. The molecule has 0 fully saturated rings. The van der Waals surface area contributed by atoms with Crippen molar-refractivity contribution in [2.75, 3.05) is 18.8 Å². The largest absolute Gasteiger partial charge is 0.223 e. The topological polar surface area (TPSA) is 0 Å². The van der Waals surface area contributed by atoms with Crippen LogP contribution in [0.5, 0.6) is 0 Å². The number of allylic oxidation sites excluding steroid dienone is 1. The molecular weight excluding hydrogens is 573 g/mol. The molecule has 0 aliphatic heterocycles. The zero-order chi connectivity index (χ0) is 31.3. The van der Waals surface area contributed by atoms with Crippen LogP contribution in [0.25, 0.3) is 60.5 Å². The molecule has 0 saturated carbocycles. The molecule has 7 aromatic carbocycles. The normalized spacial score (nSPS) is 13.4. The highest BCUT2D eigenvalue weighted by Crippen LogP contribution is 2.54. The fraction of sp³-hybridized carbons (Fsp3) is 0.111. The zero-order valence-electron chi connectivity index (χ0n) is 26.8. The molecule has 224 valence electrons. The Morgan fingerprint density at radius 1 is 0.435 bits per heavy atom. The van der Waals surface area contributed by atoms with Crippen molar-refractivity contribution in [1.29, 1.82) is 0 Å². The van der Waals surface area contributed by atoms with Gasteiger partial charge in [-0.1, -0.05) is 146 Å². The molecule has 1 aliphatic carbocycles. The molecule has 0 saturated heterocycles. The predicted octanol–water partition coefficient (Wildman–Crippen LogP) is 12.4. The van der Waals surface area contributed by atoms with E-state index in [1.807, 2.05) is 0 Å². The van der Waals surface area contributed by atoms with Crippen LogP contribution in [0.4, 0.5) is 0 Å². The number of hydrogen-bond acceptors (Lipinski definition) is 0. The maximum Gasteiger partial charge on any atom is -0.00157 e. The fourth-order valence-electron chi connectivity index (χ4n) is 7.35. The van der Waals surface area contributed by atoms with Gasteiger partial charge in [0.05, 0.1) is 0 Å². The lowest BCUT2D eigenvalue weighted by atomic mass is 9.84. The second kappa shape index (κ2) is 11.5. The number of fused-ring (bicyclic) bond motifs is 3. The van der Waals surface area contributed by atoms with Crippen LogP contribution >= 0.6 is 10.0 Å². The third-order valence-corrected chi connectivity index (χ3v) is 11.2. The van der Waals surface area contributed by atoms with Crippen molar-refractivity contribution in [2.45, 2.75) is 17.7 Å². The Bertz CT molecular complexity index is 2210. The van der Waals surface area contributed by atoms with E-state index in [0.29, 0.717) is 0 Å².